The molecule has 1 aliphatic carbocycles. The van der Waals surface area contributed by atoms with Gasteiger partial charge in [0.2, 0.25) is 5.91 Å². The molecular formula is C18H18N2O2S. The number of hydrogen-bond donors (Lipinski definition) is 1. The van der Waals surface area contributed by atoms with E-state index in [1.165, 1.54) is 29.7 Å². The Balaban J connectivity index is 1.50. The fraction of sp³-hybridized carbons (Fsp3) is 0.333. The highest BCUT2D eigenvalue weighted by Gasteiger charge is 2.26. The van der Waals surface area contributed by atoms with Crippen LogP contribution in [0.5, 0.6) is 0 Å². The Morgan fingerprint density at radius 2 is 2.22 bits per heavy atom. The fourth-order valence-electron chi connectivity index (χ4n) is 2.77. The molecular weight excluding hydrogens is 308 g/mol. The van der Waals surface area contributed by atoms with Gasteiger partial charge in [0.1, 0.15) is 5.58 Å². The molecule has 118 valence electrons. The number of carbonyl (C=O) groups is 1. The van der Waals surface area contributed by atoms with Gasteiger partial charge in [0.15, 0.2) is 5.13 Å². The van der Waals surface area contributed by atoms with E-state index in [-0.39, 0.29) is 5.91 Å². The number of rotatable bonds is 4. The zero-order valence-electron chi connectivity index (χ0n) is 13.2. The van der Waals surface area contributed by atoms with Gasteiger partial charge in [-0.05, 0) is 37.8 Å². The number of aromatic nitrogens is 1. The number of furan rings is 1. The van der Waals surface area contributed by atoms with Crippen LogP contribution in [0.3, 0.4) is 0 Å². The maximum absolute atomic E-state index is 12.3. The monoisotopic (exact) mass is 326 g/mol. The zero-order chi connectivity index (χ0) is 16.0. The van der Waals surface area contributed by atoms with E-state index in [0.717, 1.165) is 27.8 Å². The average Bonchev–Trinajstić information content (AvgIpc) is 3.15. The quantitative estimate of drug-likeness (QED) is 0.764. The van der Waals surface area contributed by atoms with Gasteiger partial charge in [-0.15, -0.1) is 11.3 Å². The number of nitrogens with one attached hydrogen (secondary N) is 1. The molecule has 0 bridgehead atoms. The first-order chi connectivity index (χ1) is 11.1. The van der Waals surface area contributed by atoms with Crippen LogP contribution in [0, 0.1) is 13.8 Å². The Kier molecular flexibility index (Phi) is 3.45. The van der Waals surface area contributed by atoms with Gasteiger partial charge in [-0.2, -0.15) is 0 Å². The Labute approximate surface area is 138 Å². The Morgan fingerprint density at radius 1 is 1.39 bits per heavy atom. The molecule has 0 atom stereocenters. The molecule has 1 fully saturated rings. The van der Waals surface area contributed by atoms with Gasteiger partial charge >= 0.3 is 0 Å². The van der Waals surface area contributed by atoms with E-state index in [1.807, 2.05) is 18.4 Å². The van der Waals surface area contributed by atoms with Crippen molar-refractivity contribution in [2.75, 3.05) is 5.32 Å². The minimum Gasteiger partial charge on any atom is -0.464 e. The highest BCUT2D eigenvalue weighted by Crippen LogP contribution is 2.40. The largest absolute Gasteiger partial charge is 0.464 e. The summed E-state index contributed by atoms with van der Waals surface area (Å²) in [5, 5.41) is 6.66. The summed E-state index contributed by atoms with van der Waals surface area (Å²) in [4.78, 5) is 16.8. The lowest BCUT2D eigenvalue weighted by molar-refractivity contribution is -0.115. The predicted octanol–water partition coefficient (Wildman–Crippen LogP) is 4.56. The van der Waals surface area contributed by atoms with Crippen LogP contribution < -0.4 is 5.32 Å². The molecule has 1 N–H and O–H groups in total. The number of nitrogens with zero attached hydrogens (tertiary/aromatic N) is 1. The highest BCUT2D eigenvalue weighted by molar-refractivity contribution is 7.13. The summed E-state index contributed by atoms with van der Waals surface area (Å²) in [6.45, 7) is 4.10. The Bertz CT molecular complexity index is 890. The van der Waals surface area contributed by atoms with E-state index in [1.54, 1.807) is 6.26 Å². The number of anilines is 1. The predicted molar refractivity (Wildman–Crippen MR) is 92.1 cm³/mol. The summed E-state index contributed by atoms with van der Waals surface area (Å²) in [5.41, 5.74) is 5.23. The molecule has 1 saturated carbocycles. The molecule has 0 radical (unpaired) electrons. The van der Waals surface area contributed by atoms with Crippen LogP contribution in [0.15, 0.2) is 28.2 Å². The van der Waals surface area contributed by atoms with Crippen LogP contribution >= 0.6 is 11.3 Å². The molecule has 1 aromatic carbocycles. The first-order valence-electron chi connectivity index (χ1n) is 7.83. The number of amides is 1. The van der Waals surface area contributed by atoms with E-state index < -0.39 is 0 Å². The van der Waals surface area contributed by atoms with Crippen LogP contribution in [0.4, 0.5) is 5.13 Å². The number of aryl methyl sites for hydroxylation is 2. The maximum Gasteiger partial charge on any atom is 0.230 e. The molecule has 4 nitrogen and oxygen atoms in total. The van der Waals surface area contributed by atoms with Gasteiger partial charge in [-0.1, -0.05) is 12.1 Å². The molecule has 0 aliphatic heterocycles. The van der Waals surface area contributed by atoms with Gasteiger partial charge in [0.25, 0.3) is 0 Å². The lowest BCUT2D eigenvalue weighted by atomic mass is 10.0. The topological polar surface area (TPSA) is 55.1 Å². The lowest BCUT2D eigenvalue weighted by Gasteiger charge is -2.02. The minimum atomic E-state index is -0.0531. The normalized spacial score (nSPS) is 14.3. The molecule has 4 rings (SSSR count). The Morgan fingerprint density at radius 3 is 3.00 bits per heavy atom. The van der Waals surface area contributed by atoms with Crippen molar-refractivity contribution in [1.82, 2.24) is 4.98 Å². The molecule has 3 aromatic rings. The SMILES string of the molecule is Cc1ccc2c(CC(=O)Nc3nc(C4CC4)cs3)coc2c1C. The molecule has 2 heterocycles. The van der Waals surface area contributed by atoms with Gasteiger partial charge in [-0.3, -0.25) is 4.79 Å². The van der Waals surface area contributed by atoms with Crippen molar-refractivity contribution in [2.45, 2.75) is 39.0 Å². The summed E-state index contributed by atoms with van der Waals surface area (Å²) in [7, 11) is 0. The standard InChI is InChI=1S/C18H18N2O2S/c1-10-3-6-14-13(8-22-17(14)11(10)2)7-16(21)20-18-19-15(9-23-18)12-4-5-12/h3,6,8-9,12H,4-5,7H2,1-2H3,(H,19,20,21). The van der Waals surface area contributed by atoms with Crippen molar-refractivity contribution < 1.29 is 9.21 Å². The second-order valence-corrected chi connectivity index (χ2v) is 7.08. The summed E-state index contributed by atoms with van der Waals surface area (Å²) in [6.07, 6.45) is 4.43. The second-order valence-electron chi connectivity index (χ2n) is 6.22. The number of benzene rings is 1. The molecule has 0 unspecified atom stereocenters. The van der Waals surface area contributed by atoms with Crippen LogP contribution in [0.25, 0.3) is 11.0 Å². The van der Waals surface area contributed by atoms with Crippen molar-refractivity contribution in [1.29, 1.82) is 0 Å². The van der Waals surface area contributed by atoms with E-state index >= 15 is 0 Å². The Hall–Kier alpha value is -2.14. The molecule has 5 heteroatoms. The van der Waals surface area contributed by atoms with Crippen molar-refractivity contribution in [3.8, 4) is 0 Å². The fourth-order valence-corrected chi connectivity index (χ4v) is 3.58. The van der Waals surface area contributed by atoms with Crippen LogP contribution in [-0.4, -0.2) is 10.9 Å². The van der Waals surface area contributed by atoms with Gasteiger partial charge in [-0.25, -0.2) is 4.98 Å². The van der Waals surface area contributed by atoms with Crippen molar-refractivity contribution in [2.24, 2.45) is 0 Å². The number of hydrogen-bond acceptors (Lipinski definition) is 4. The van der Waals surface area contributed by atoms with E-state index in [9.17, 15) is 4.79 Å². The number of thiazole rings is 1. The second kappa shape index (κ2) is 5.49. The number of fused-ring (bicyclic) bond motifs is 1. The summed E-state index contributed by atoms with van der Waals surface area (Å²) in [5.74, 6) is 0.559. The third-order valence-corrected chi connectivity index (χ3v) is 5.23. The maximum atomic E-state index is 12.3. The first kappa shape index (κ1) is 14.5. The summed E-state index contributed by atoms with van der Waals surface area (Å²) >= 11 is 1.50. The summed E-state index contributed by atoms with van der Waals surface area (Å²) in [6, 6.07) is 4.09. The van der Waals surface area contributed by atoms with Crippen molar-refractivity contribution in [3.05, 3.63) is 46.2 Å². The minimum absolute atomic E-state index is 0.0531. The molecule has 2 aromatic heterocycles. The zero-order valence-corrected chi connectivity index (χ0v) is 14.0. The van der Waals surface area contributed by atoms with E-state index in [2.05, 4.69) is 23.3 Å². The van der Waals surface area contributed by atoms with Gasteiger partial charge < -0.3 is 9.73 Å². The van der Waals surface area contributed by atoms with Crippen LogP contribution in [-0.2, 0) is 11.2 Å². The van der Waals surface area contributed by atoms with E-state index in [4.69, 9.17) is 4.42 Å². The first-order valence-corrected chi connectivity index (χ1v) is 8.71. The van der Waals surface area contributed by atoms with Crippen molar-refractivity contribution in [3.63, 3.8) is 0 Å². The molecule has 1 amide bonds. The van der Waals surface area contributed by atoms with E-state index in [0.29, 0.717) is 17.5 Å². The smallest absolute Gasteiger partial charge is 0.230 e. The van der Waals surface area contributed by atoms with Crippen LogP contribution in [0.2, 0.25) is 0 Å². The molecule has 0 saturated heterocycles. The van der Waals surface area contributed by atoms with Gasteiger partial charge in [0.05, 0.1) is 18.4 Å². The molecule has 1 aliphatic rings. The highest BCUT2D eigenvalue weighted by atomic mass is 32.1. The van der Waals surface area contributed by atoms with Crippen molar-refractivity contribution >= 4 is 33.3 Å². The third kappa shape index (κ3) is 2.77. The lowest BCUT2D eigenvalue weighted by Crippen LogP contribution is -2.14. The van der Waals surface area contributed by atoms with Gasteiger partial charge in [0, 0.05) is 22.2 Å². The van der Waals surface area contributed by atoms with Crippen LogP contribution in [0.1, 0.15) is 41.1 Å². The molecule has 0 spiro atoms. The third-order valence-electron chi connectivity index (χ3n) is 4.46. The average molecular weight is 326 g/mol. The summed E-state index contributed by atoms with van der Waals surface area (Å²) < 4.78 is 5.66. The molecule has 23 heavy (non-hydrogen) atoms. The number of carbonyl (C=O) groups excluding carboxylic acids is 1.